The lowest BCUT2D eigenvalue weighted by molar-refractivity contribution is -0.127. The molecule has 0 spiro atoms. The van der Waals surface area contributed by atoms with E-state index >= 15 is 0 Å². The van der Waals surface area contributed by atoms with Crippen molar-refractivity contribution in [2.75, 3.05) is 19.8 Å². The summed E-state index contributed by atoms with van der Waals surface area (Å²) in [6.07, 6.45) is 2.39. The van der Waals surface area contributed by atoms with Gasteiger partial charge in [0.1, 0.15) is 0 Å². The molecule has 3 heteroatoms. The van der Waals surface area contributed by atoms with Crippen LogP contribution in [0, 0.1) is 11.8 Å². The molecule has 0 unspecified atom stereocenters. The van der Waals surface area contributed by atoms with Crippen molar-refractivity contribution >= 4 is 5.91 Å². The first-order chi connectivity index (χ1) is 6.31. The Balaban J connectivity index is 1.89. The quantitative estimate of drug-likeness (QED) is 0.567. The van der Waals surface area contributed by atoms with Gasteiger partial charge in [0.25, 0.3) is 0 Å². The molecule has 0 aromatic heterocycles. The number of hydrogen-bond donors (Lipinski definition) is 0. The van der Waals surface area contributed by atoms with Gasteiger partial charge in [-0.15, -0.1) is 5.92 Å². The molecule has 70 valence electrons. The van der Waals surface area contributed by atoms with E-state index < -0.39 is 0 Å². The molecule has 1 heterocycles. The monoisotopic (exact) mass is 178 g/mol. The molecule has 0 aromatic carbocycles. The largest absolute Gasteiger partial charge is 0.326 e. The van der Waals surface area contributed by atoms with E-state index in [0.29, 0.717) is 12.6 Å². The summed E-state index contributed by atoms with van der Waals surface area (Å²) in [7, 11) is 0. The molecular weight excluding hydrogens is 164 g/mol. The molecule has 1 saturated carbocycles. The lowest BCUT2D eigenvalue weighted by atomic mass is 10.5. The van der Waals surface area contributed by atoms with Crippen LogP contribution in [0.1, 0.15) is 19.8 Å². The van der Waals surface area contributed by atoms with Crippen molar-refractivity contribution in [1.29, 1.82) is 0 Å². The van der Waals surface area contributed by atoms with Gasteiger partial charge in [-0.3, -0.25) is 9.69 Å². The number of nitrogens with zero attached hydrogens (tertiary/aromatic N) is 2. The fraction of sp³-hybridized carbons (Fsp3) is 0.700. The summed E-state index contributed by atoms with van der Waals surface area (Å²) in [5, 5.41) is 0. The fourth-order valence-corrected chi connectivity index (χ4v) is 1.63. The first-order valence-corrected chi connectivity index (χ1v) is 4.72. The maximum atomic E-state index is 11.5. The molecule has 0 bridgehead atoms. The summed E-state index contributed by atoms with van der Waals surface area (Å²) in [5.41, 5.74) is 0. The van der Waals surface area contributed by atoms with Gasteiger partial charge in [0, 0.05) is 6.04 Å². The Labute approximate surface area is 78.7 Å². The maximum Gasteiger partial charge on any atom is 0.238 e. The predicted molar refractivity (Wildman–Crippen MR) is 49.8 cm³/mol. The molecule has 3 nitrogen and oxygen atoms in total. The topological polar surface area (TPSA) is 23.6 Å². The zero-order valence-corrected chi connectivity index (χ0v) is 7.92. The van der Waals surface area contributed by atoms with Crippen molar-refractivity contribution in [1.82, 2.24) is 9.80 Å². The predicted octanol–water partition coefficient (Wildman–Crippen LogP) is 0.274. The minimum atomic E-state index is 0.278. The van der Waals surface area contributed by atoms with Crippen LogP contribution in [-0.4, -0.2) is 41.5 Å². The average molecular weight is 178 g/mol. The Bertz CT molecular complexity index is 272. The van der Waals surface area contributed by atoms with Gasteiger partial charge < -0.3 is 4.90 Å². The standard InChI is InChI=1S/C10H14N2O/c1-2-3-6-11-7-10(13)12(8-11)9-4-5-9/h9H,4-8H2,1H3. The van der Waals surface area contributed by atoms with Crippen LogP contribution < -0.4 is 0 Å². The molecule has 1 aliphatic heterocycles. The van der Waals surface area contributed by atoms with Gasteiger partial charge in [0.2, 0.25) is 5.91 Å². The Morgan fingerprint density at radius 2 is 2.31 bits per heavy atom. The van der Waals surface area contributed by atoms with Gasteiger partial charge in [-0.05, 0) is 19.8 Å². The molecule has 2 fully saturated rings. The van der Waals surface area contributed by atoms with Gasteiger partial charge in [0.05, 0.1) is 19.8 Å². The third kappa shape index (κ3) is 1.84. The van der Waals surface area contributed by atoms with E-state index in [1.54, 1.807) is 0 Å². The highest BCUT2D eigenvalue weighted by molar-refractivity contribution is 5.80. The van der Waals surface area contributed by atoms with Crippen LogP contribution in [0.5, 0.6) is 0 Å². The lowest BCUT2D eigenvalue weighted by Gasteiger charge is -2.15. The molecule has 1 amide bonds. The van der Waals surface area contributed by atoms with Crippen LogP contribution in [-0.2, 0) is 4.79 Å². The van der Waals surface area contributed by atoms with Gasteiger partial charge in [0.15, 0.2) is 0 Å². The number of carbonyl (C=O) groups excluding carboxylic acids is 1. The van der Waals surface area contributed by atoms with Gasteiger partial charge in [-0.25, -0.2) is 0 Å². The molecule has 2 rings (SSSR count). The van der Waals surface area contributed by atoms with Crippen molar-refractivity contribution in [3.05, 3.63) is 0 Å². The van der Waals surface area contributed by atoms with Crippen LogP contribution in [0.15, 0.2) is 0 Å². The second-order valence-electron chi connectivity index (χ2n) is 3.65. The van der Waals surface area contributed by atoms with E-state index in [4.69, 9.17) is 0 Å². The van der Waals surface area contributed by atoms with Gasteiger partial charge in [-0.1, -0.05) is 5.92 Å². The van der Waals surface area contributed by atoms with Crippen LogP contribution in [0.25, 0.3) is 0 Å². The zero-order chi connectivity index (χ0) is 9.26. The molecule has 0 N–H and O–H groups in total. The van der Waals surface area contributed by atoms with Crippen molar-refractivity contribution in [3.63, 3.8) is 0 Å². The van der Waals surface area contributed by atoms with E-state index in [-0.39, 0.29) is 5.91 Å². The average Bonchev–Trinajstić information content (AvgIpc) is 2.88. The van der Waals surface area contributed by atoms with Crippen molar-refractivity contribution in [2.24, 2.45) is 0 Å². The molecule has 13 heavy (non-hydrogen) atoms. The summed E-state index contributed by atoms with van der Waals surface area (Å²) in [6, 6.07) is 0.548. The maximum absolute atomic E-state index is 11.5. The van der Waals surface area contributed by atoms with Crippen molar-refractivity contribution < 1.29 is 4.79 Å². The molecule has 0 aromatic rings. The third-order valence-electron chi connectivity index (χ3n) is 2.50. The van der Waals surface area contributed by atoms with Crippen LogP contribution in [0.4, 0.5) is 0 Å². The first kappa shape index (κ1) is 8.58. The van der Waals surface area contributed by atoms with Crippen LogP contribution >= 0.6 is 0 Å². The number of amides is 1. The van der Waals surface area contributed by atoms with Gasteiger partial charge >= 0.3 is 0 Å². The summed E-state index contributed by atoms with van der Waals surface area (Å²) < 4.78 is 0. The minimum absolute atomic E-state index is 0.278. The Hall–Kier alpha value is -1.01. The summed E-state index contributed by atoms with van der Waals surface area (Å²) >= 11 is 0. The number of hydrogen-bond acceptors (Lipinski definition) is 2. The van der Waals surface area contributed by atoms with E-state index in [1.807, 2.05) is 11.8 Å². The Kier molecular flexibility index (Phi) is 2.24. The zero-order valence-electron chi connectivity index (χ0n) is 7.92. The van der Waals surface area contributed by atoms with E-state index in [2.05, 4.69) is 16.7 Å². The van der Waals surface area contributed by atoms with Crippen molar-refractivity contribution in [2.45, 2.75) is 25.8 Å². The fourth-order valence-electron chi connectivity index (χ4n) is 1.63. The molecule has 2 aliphatic rings. The Morgan fingerprint density at radius 3 is 2.92 bits per heavy atom. The molecule has 0 radical (unpaired) electrons. The Morgan fingerprint density at radius 1 is 1.54 bits per heavy atom. The smallest absolute Gasteiger partial charge is 0.238 e. The van der Waals surface area contributed by atoms with Crippen LogP contribution in [0.2, 0.25) is 0 Å². The summed E-state index contributed by atoms with van der Waals surface area (Å²) in [5.74, 6) is 6.11. The summed E-state index contributed by atoms with van der Waals surface area (Å²) in [4.78, 5) is 15.5. The molecule has 0 atom stereocenters. The SMILES string of the molecule is CC#CCN1CC(=O)N(C2CC2)C1. The normalized spacial score (nSPS) is 23.2. The van der Waals surface area contributed by atoms with E-state index in [9.17, 15) is 4.79 Å². The highest BCUT2D eigenvalue weighted by atomic mass is 16.2. The number of rotatable bonds is 2. The highest BCUT2D eigenvalue weighted by Crippen LogP contribution is 2.29. The first-order valence-electron chi connectivity index (χ1n) is 4.72. The number of carbonyl (C=O) groups is 1. The van der Waals surface area contributed by atoms with Crippen molar-refractivity contribution in [3.8, 4) is 11.8 Å². The molecular formula is C10H14N2O. The van der Waals surface area contributed by atoms with Gasteiger partial charge in [-0.2, -0.15) is 0 Å². The lowest BCUT2D eigenvalue weighted by Crippen LogP contribution is -2.29. The highest BCUT2D eigenvalue weighted by Gasteiger charge is 2.37. The molecule has 1 aliphatic carbocycles. The van der Waals surface area contributed by atoms with E-state index in [1.165, 1.54) is 12.8 Å². The second-order valence-corrected chi connectivity index (χ2v) is 3.65. The minimum Gasteiger partial charge on any atom is -0.326 e. The van der Waals surface area contributed by atoms with E-state index in [0.717, 1.165) is 13.2 Å². The second kappa shape index (κ2) is 3.39. The third-order valence-corrected chi connectivity index (χ3v) is 2.50. The molecule has 1 saturated heterocycles. The summed E-state index contributed by atoms with van der Waals surface area (Å²) in [6.45, 7) is 3.91. The van der Waals surface area contributed by atoms with Crippen LogP contribution in [0.3, 0.4) is 0 Å².